The third kappa shape index (κ3) is 2.33. The first-order valence-electron chi connectivity index (χ1n) is 4.71. The molecule has 1 aliphatic heterocycles. The molecule has 0 aliphatic carbocycles. The number of hydrogen-bond acceptors (Lipinski definition) is 3. The standard InChI is InChI=1S/C10H15N3O/c1-3-6-13-7-8(2)12-9(4-5-11)10(13)14/h3,8-9,12H,1,4,6-7H2,2H3. The highest BCUT2D eigenvalue weighted by atomic mass is 16.2. The maximum absolute atomic E-state index is 11.7. The van der Waals surface area contributed by atoms with Crippen molar-refractivity contribution in [3.8, 4) is 6.07 Å². The second kappa shape index (κ2) is 4.77. The monoisotopic (exact) mass is 193 g/mol. The lowest BCUT2D eigenvalue weighted by molar-refractivity contribution is -0.136. The number of nitrogens with one attached hydrogen (secondary N) is 1. The Kier molecular flexibility index (Phi) is 3.66. The van der Waals surface area contributed by atoms with E-state index in [-0.39, 0.29) is 24.4 Å². The van der Waals surface area contributed by atoms with Crippen LogP contribution in [0.15, 0.2) is 12.7 Å². The van der Waals surface area contributed by atoms with Gasteiger partial charge in [-0.3, -0.25) is 4.79 Å². The molecule has 1 N–H and O–H groups in total. The lowest BCUT2D eigenvalue weighted by Gasteiger charge is -2.35. The van der Waals surface area contributed by atoms with E-state index < -0.39 is 0 Å². The molecule has 0 saturated carbocycles. The summed E-state index contributed by atoms with van der Waals surface area (Å²) in [6.07, 6.45) is 1.94. The minimum atomic E-state index is -0.344. The first kappa shape index (κ1) is 10.7. The van der Waals surface area contributed by atoms with Gasteiger partial charge in [-0.25, -0.2) is 0 Å². The van der Waals surface area contributed by atoms with Gasteiger partial charge in [0.15, 0.2) is 0 Å². The molecule has 0 aromatic rings. The van der Waals surface area contributed by atoms with Crippen molar-refractivity contribution in [2.24, 2.45) is 0 Å². The van der Waals surface area contributed by atoms with Crippen molar-refractivity contribution in [2.75, 3.05) is 13.1 Å². The highest BCUT2D eigenvalue weighted by Crippen LogP contribution is 2.08. The molecule has 4 heteroatoms. The molecule has 14 heavy (non-hydrogen) atoms. The number of nitrogens with zero attached hydrogens (tertiary/aromatic N) is 2. The normalized spacial score (nSPS) is 27.1. The topological polar surface area (TPSA) is 56.1 Å². The van der Waals surface area contributed by atoms with E-state index >= 15 is 0 Å². The zero-order valence-corrected chi connectivity index (χ0v) is 8.36. The molecule has 1 aliphatic rings. The van der Waals surface area contributed by atoms with E-state index in [2.05, 4.69) is 11.9 Å². The zero-order valence-electron chi connectivity index (χ0n) is 8.36. The van der Waals surface area contributed by atoms with Crippen molar-refractivity contribution < 1.29 is 4.79 Å². The number of carbonyl (C=O) groups is 1. The quantitative estimate of drug-likeness (QED) is 0.655. The molecule has 1 amide bonds. The van der Waals surface area contributed by atoms with Gasteiger partial charge in [0, 0.05) is 19.1 Å². The summed E-state index contributed by atoms with van der Waals surface area (Å²) in [5.41, 5.74) is 0. The van der Waals surface area contributed by atoms with E-state index in [1.807, 2.05) is 13.0 Å². The van der Waals surface area contributed by atoms with Gasteiger partial charge in [0.1, 0.15) is 6.04 Å². The van der Waals surface area contributed by atoms with E-state index in [0.29, 0.717) is 13.1 Å². The number of piperazine rings is 1. The van der Waals surface area contributed by atoms with Gasteiger partial charge in [0.2, 0.25) is 5.91 Å². The molecule has 1 heterocycles. The van der Waals surface area contributed by atoms with Crippen LogP contribution >= 0.6 is 0 Å². The van der Waals surface area contributed by atoms with Gasteiger partial charge >= 0.3 is 0 Å². The van der Waals surface area contributed by atoms with Crippen molar-refractivity contribution in [3.05, 3.63) is 12.7 Å². The Bertz CT molecular complexity index is 269. The van der Waals surface area contributed by atoms with E-state index in [4.69, 9.17) is 5.26 Å². The number of amides is 1. The SMILES string of the molecule is C=CCN1CC(C)NC(CC#N)C1=O. The fourth-order valence-electron chi connectivity index (χ4n) is 1.67. The summed E-state index contributed by atoms with van der Waals surface area (Å²) in [4.78, 5) is 13.4. The Morgan fingerprint density at radius 2 is 2.57 bits per heavy atom. The van der Waals surface area contributed by atoms with Crippen molar-refractivity contribution in [1.29, 1.82) is 5.26 Å². The summed E-state index contributed by atoms with van der Waals surface area (Å²) >= 11 is 0. The fraction of sp³-hybridized carbons (Fsp3) is 0.600. The van der Waals surface area contributed by atoms with Crippen LogP contribution in [-0.4, -0.2) is 36.0 Å². The minimum Gasteiger partial charge on any atom is -0.336 e. The van der Waals surface area contributed by atoms with Crippen molar-refractivity contribution >= 4 is 5.91 Å². The smallest absolute Gasteiger partial charge is 0.241 e. The van der Waals surface area contributed by atoms with E-state index in [1.165, 1.54) is 0 Å². The summed E-state index contributed by atoms with van der Waals surface area (Å²) in [7, 11) is 0. The summed E-state index contributed by atoms with van der Waals surface area (Å²) in [5.74, 6) is 0.00421. The molecule has 0 aromatic heterocycles. The van der Waals surface area contributed by atoms with Gasteiger partial charge in [0.25, 0.3) is 0 Å². The Morgan fingerprint density at radius 1 is 1.86 bits per heavy atom. The molecule has 76 valence electrons. The fourth-order valence-corrected chi connectivity index (χ4v) is 1.67. The first-order valence-corrected chi connectivity index (χ1v) is 4.71. The van der Waals surface area contributed by atoms with Crippen LogP contribution in [0.25, 0.3) is 0 Å². The van der Waals surface area contributed by atoms with Crippen molar-refractivity contribution in [2.45, 2.75) is 25.4 Å². The lowest BCUT2D eigenvalue weighted by Crippen LogP contribution is -2.58. The summed E-state index contributed by atoms with van der Waals surface area (Å²) in [5, 5.41) is 11.7. The van der Waals surface area contributed by atoms with Crippen LogP contribution < -0.4 is 5.32 Å². The Morgan fingerprint density at radius 3 is 3.14 bits per heavy atom. The van der Waals surface area contributed by atoms with E-state index in [0.717, 1.165) is 0 Å². The third-order valence-corrected chi connectivity index (χ3v) is 2.23. The average Bonchev–Trinajstić information content (AvgIpc) is 2.14. The molecule has 4 nitrogen and oxygen atoms in total. The van der Waals surface area contributed by atoms with Crippen LogP contribution in [0.4, 0.5) is 0 Å². The number of rotatable bonds is 3. The number of nitriles is 1. The molecule has 0 spiro atoms. The second-order valence-corrected chi connectivity index (χ2v) is 3.51. The summed E-state index contributed by atoms with van der Waals surface area (Å²) < 4.78 is 0. The Balaban J connectivity index is 2.66. The van der Waals surface area contributed by atoms with Crippen LogP contribution in [-0.2, 0) is 4.79 Å². The number of carbonyl (C=O) groups excluding carboxylic acids is 1. The highest BCUT2D eigenvalue weighted by molar-refractivity contribution is 5.83. The maximum atomic E-state index is 11.7. The zero-order chi connectivity index (χ0) is 10.6. The lowest BCUT2D eigenvalue weighted by atomic mass is 10.1. The molecule has 2 atom stereocenters. The van der Waals surface area contributed by atoms with Crippen LogP contribution in [0, 0.1) is 11.3 Å². The molecule has 0 radical (unpaired) electrons. The van der Waals surface area contributed by atoms with E-state index in [9.17, 15) is 4.79 Å². The third-order valence-electron chi connectivity index (χ3n) is 2.23. The minimum absolute atomic E-state index is 0.00421. The second-order valence-electron chi connectivity index (χ2n) is 3.51. The van der Waals surface area contributed by atoms with Crippen molar-refractivity contribution in [1.82, 2.24) is 10.2 Å². The van der Waals surface area contributed by atoms with Gasteiger partial charge in [-0.15, -0.1) is 6.58 Å². The summed E-state index contributed by atoms with van der Waals surface area (Å²) in [6.45, 7) is 6.86. The highest BCUT2D eigenvalue weighted by Gasteiger charge is 2.30. The molecular weight excluding hydrogens is 178 g/mol. The number of hydrogen-bond donors (Lipinski definition) is 1. The molecule has 1 rings (SSSR count). The maximum Gasteiger partial charge on any atom is 0.241 e. The van der Waals surface area contributed by atoms with Crippen molar-refractivity contribution in [3.63, 3.8) is 0 Å². The Labute approximate surface area is 84.2 Å². The van der Waals surface area contributed by atoms with Gasteiger partial charge in [0.05, 0.1) is 12.5 Å². The summed E-state index contributed by atoms with van der Waals surface area (Å²) in [6, 6.07) is 1.91. The molecule has 0 bridgehead atoms. The van der Waals surface area contributed by atoms with Crippen LogP contribution in [0.5, 0.6) is 0 Å². The molecule has 0 aromatic carbocycles. The van der Waals surface area contributed by atoms with E-state index in [1.54, 1.807) is 11.0 Å². The predicted molar refractivity (Wildman–Crippen MR) is 53.4 cm³/mol. The largest absolute Gasteiger partial charge is 0.336 e. The van der Waals surface area contributed by atoms with Gasteiger partial charge in [-0.1, -0.05) is 6.08 Å². The predicted octanol–water partition coefficient (Wildman–Crippen LogP) is 0.275. The Hall–Kier alpha value is -1.34. The van der Waals surface area contributed by atoms with Crippen LogP contribution in [0.1, 0.15) is 13.3 Å². The van der Waals surface area contributed by atoms with Gasteiger partial charge in [-0.2, -0.15) is 5.26 Å². The van der Waals surface area contributed by atoms with Crippen LogP contribution in [0.2, 0.25) is 0 Å². The van der Waals surface area contributed by atoms with Gasteiger partial charge in [-0.05, 0) is 6.92 Å². The molecule has 1 saturated heterocycles. The van der Waals surface area contributed by atoms with Crippen LogP contribution in [0.3, 0.4) is 0 Å². The molecule has 1 fully saturated rings. The molecular formula is C10H15N3O. The first-order chi connectivity index (χ1) is 6.69. The van der Waals surface area contributed by atoms with Gasteiger partial charge < -0.3 is 10.2 Å². The molecule has 2 unspecified atom stereocenters. The average molecular weight is 193 g/mol.